The van der Waals surface area contributed by atoms with E-state index in [9.17, 15) is 9.59 Å². The first kappa shape index (κ1) is 7.60. The Labute approximate surface area is 73.4 Å². The minimum absolute atomic E-state index is 0.300. The van der Waals surface area contributed by atoms with Crippen LogP contribution in [0.4, 0.5) is 0 Å². The van der Waals surface area contributed by atoms with Gasteiger partial charge in [-0.1, -0.05) is 24.3 Å². The minimum Gasteiger partial charge on any atom is -0.288 e. The van der Waals surface area contributed by atoms with E-state index in [1.807, 2.05) is 0 Å². The third kappa shape index (κ3) is 0.868. The number of benzene rings is 1. The van der Waals surface area contributed by atoms with Gasteiger partial charge in [0, 0.05) is 11.1 Å². The molecule has 0 spiro atoms. The van der Waals surface area contributed by atoms with Crippen molar-refractivity contribution in [2.24, 2.45) is 0 Å². The van der Waals surface area contributed by atoms with Gasteiger partial charge < -0.3 is 0 Å². The molecule has 0 aromatic heterocycles. The SMILES string of the molecule is [N-]=[NH+]N1C(=O)c2ccccc2C1=O. The Morgan fingerprint density at radius 1 is 1.08 bits per heavy atom. The van der Waals surface area contributed by atoms with Crippen molar-refractivity contribution in [2.45, 2.75) is 0 Å². The van der Waals surface area contributed by atoms with Crippen molar-refractivity contribution in [2.75, 3.05) is 0 Å². The summed E-state index contributed by atoms with van der Waals surface area (Å²) < 4.78 is 0. The fourth-order valence-corrected chi connectivity index (χ4v) is 1.28. The predicted molar refractivity (Wildman–Crippen MR) is 41.3 cm³/mol. The molecule has 0 saturated carbocycles. The molecule has 0 radical (unpaired) electrons. The van der Waals surface area contributed by atoms with Crippen LogP contribution in [0.2, 0.25) is 0 Å². The molecular weight excluding hydrogens is 170 g/mol. The summed E-state index contributed by atoms with van der Waals surface area (Å²) in [5.41, 5.74) is 9.11. The Morgan fingerprint density at radius 3 is 1.92 bits per heavy atom. The number of nitrogens with one attached hydrogen (secondary N) is 1. The Balaban J connectivity index is 2.63. The fraction of sp³-hybridized carbons (Fsp3) is 0. The van der Waals surface area contributed by atoms with Crippen LogP contribution in [-0.4, -0.2) is 16.8 Å². The molecule has 13 heavy (non-hydrogen) atoms. The molecule has 5 nitrogen and oxygen atoms in total. The highest BCUT2D eigenvalue weighted by molar-refractivity contribution is 6.20. The highest BCUT2D eigenvalue weighted by Crippen LogP contribution is 2.18. The number of hydrogen-bond acceptors (Lipinski definition) is 2. The second-order valence-electron chi connectivity index (χ2n) is 2.59. The van der Waals surface area contributed by atoms with E-state index in [0.29, 0.717) is 16.1 Å². The first-order valence-corrected chi connectivity index (χ1v) is 3.63. The molecule has 1 aliphatic rings. The maximum atomic E-state index is 11.3. The van der Waals surface area contributed by atoms with Crippen LogP contribution in [0.1, 0.15) is 20.7 Å². The van der Waals surface area contributed by atoms with Gasteiger partial charge in [0.25, 0.3) is 0 Å². The molecule has 0 fully saturated rings. The molecule has 2 amide bonds. The molecular formula is C8H5N3O2. The quantitative estimate of drug-likeness (QED) is 0.452. The number of hydrogen-bond donors (Lipinski definition) is 1. The van der Waals surface area contributed by atoms with Crippen molar-refractivity contribution in [1.29, 1.82) is 0 Å². The number of carbonyl (C=O) groups excluding carboxylic acids is 2. The fourth-order valence-electron chi connectivity index (χ4n) is 1.28. The lowest BCUT2D eigenvalue weighted by Crippen LogP contribution is -2.78. The number of nitrogens with zero attached hydrogens (tertiary/aromatic N) is 2. The van der Waals surface area contributed by atoms with Gasteiger partial charge in [0.2, 0.25) is 11.8 Å². The molecule has 1 heterocycles. The van der Waals surface area contributed by atoms with Crippen molar-refractivity contribution in [1.82, 2.24) is 5.01 Å². The van der Waals surface area contributed by atoms with Crippen LogP contribution in [0, 0.1) is 0 Å². The third-order valence-electron chi connectivity index (χ3n) is 1.89. The van der Waals surface area contributed by atoms with Crippen LogP contribution in [0.15, 0.2) is 24.3 Å². The Morgan fingerprint density at radius 2 is 1.54 bits per heavy atom. The topological polar surface area (TPSA) is 73.7 Å². The lowest BCUT2D eigenvalue weighted by molar-refractivity contribution is -0.616. The van der Waals surface area contributed by atoms with Gasteiger partial charge in [-0.15, -0.1) is 5.01 Å². The minimum atomic E-state index is -0.539. The predicted octanol–water partition coefficient (Wildman–Crippen LogP) is -0.700. The monoisotopic (exact) mass is 175 g/mol. The smallest absolute Gasteiger partial charge is 0.234 e. The second kappa shape index (κ2) is 2.48. The highest BCUT2D eigenvalue weighted by Gasteiger charge is 2.32. The van der Waals surface area contributed by atoms with Crippen molar-refractivity contribution >= 4 is 11.8 Å². The van der Waals surface area contributed by atoms with Crippen LogP contribution in [0.3, 0.4) is 0 Å². The molecule has 2 rings (SSSR count). The molecule has 0 bridgehead atoms. The Kier molecular flexibility index (Phi) is 1.45. The van der Waals surface area contributed by atoms with Crippen molar-refractivity contribution < 1.29 is 14.8 Å². The van der Waals surface area contributed by atoms with E-state index in [0.717, 1.165) is 0 Å². The summed E-state index contributed by atoms with van der Waals surface area (Å²) in [4.78, 5) is 22.6. The normalized spacial score (nSPS) is 14.6. The van der Waals surface area contributed by atoms with E-state index in [-0.39, 0.29) is 0 Å². The molecule has 0 aliphatic carbocycles. The number of fused-ring (bicyclic) bond motifs is 1. The van der Waals surface area contributed by atoms with Gasteiger partial charge in [-0.2, -0.15) is 10.8 Å². The molecule has 64 valence electrons. The number of imide groups is 1. The highest BCUT2D eigenvalue weighted by atomic mass is 16.2. The van der Waals surface area contributed by atoms with Crippen molar-refractivity contribution in [3.05, 3.63) is 40.9 Å². The molecule has 0 unspecified atom stereocenters. The lowest BCUT2D eigenvalue weighted by atomic mass is 10.1. The maximum absolute atomic E-state index is 11.3. The first-order chi connectivity index (χ1) is 6.25. The average Bonchev–Trinajstić information content (AvgIpc) is 2.41. The van der Waals surface area contributed by atoms with Gasteiger partial charge in [0.15, 0.2) is 0 Å². The zero-order valence-corrected chi connectivity index (χ0v) is 6.52. The molecule has 1 aliphatic heterocycles. The van der Waals surface area contributed by atoms with Gasteiger partial charge in [-0.05, 0) is 0 Å². The molecule has 5 heteroatoms. The summed E-state index contributed by atoms with van der Waals surface area (Å²) in [6.07, 6.45) is 0. The second-order valence-corrected chi connectivity index (χ2v) is 2.59. The van der Waals surface area contributed by atoms with Gasteiger partial charge in [0.05, 0.1) is 0 Å². The number of rotatable bonds is 1. The summed E-state index contributed by atoms with van der Waals surface area (Å²) in [6.45, 7) is 0. The summed E-state index contributed by atoms with van der Waals surface area (Å²) in [5, 5.41) is 2.10. The standard InChI is InChI=1S/C8H5N3O2/c9-10-11-7(12)5-3-1-2-4-6(5)8(11)13/h1-4,10H. The zero-order valence-electron chi connectivity index (χ0n) is 6.52. The number of amides is 2. The van der Waals surface area contributed by atoms with E-state index < -0.39 is 11.8 Å². The lowest BCUT2D eigenvalue weighted by Gasteiger charge is -2.03. The molecule has 0 atom stereocenters. The maximum Gasteiger partial charge on any atom is 0.234 e. The summed E-state index contributed by atoms with van der Waals surface area (Å²) in [7, 11) is 0. The molecule has 1 N–H and O–H groups in total. The number of hydrazine groups is 1. The van der Waals surface area contributed by atoms with Crippen molar-refractivity contribution in [3.63, 3.8) is 0 Å². The van der Waals surface area contributed by atoms with E-state index in [1.165, 1.54) is 12.1 Å². The molecule has 0 saturated heterocycles. The van der Waals surface area contributed by atoms with Crippen LogP contribution < -0.4 is 5.22 Å². The average molecular weight is 175 g/mol. The summed E-state index contributed by atoms with van der Waals surface area (Å²) in [6, 6.07) is 6.38. The molecule has 1 aromatic carbocycles. The number of carbonyl (C=O) groups is 2. The van der Waals surface area contributed by atoms with Crippen LogP contribution >= 0.6 is 0 Å². The van der Waals surface area contributed by atoms with E-state index in [2.05, 4.69) is 0 Å². The zero-order chi connectivity index (χ0) is 9.42. The van der Waals surface area contributed by atoms with Gasteiger partial charge in [-0.25, -0.2) is 0 Å². The third-order valence-corrected chi connectivity index (χ3v) is 1.89. The van der Waals surface area contributed by atoms with Gasteiger partial charge in [-0.3, -0.25) is 9.59 Å². The van der Waals surface area contributed by atoms with Crippen molar-refractivity contribution in [3.8, 4) is 0 Å². The van der Waals surface area contributed by atoms with Crippen LogP contribution in [-0.2, 0) is 0 Å². The Hall–Kier alpha value is -2.04. The van der Waals surface area contributed by atoms with E-state index >= 15 is 0 Å². The van der Waals surface area contributed by atoms with Gasteiger partial charge in [0.1, 0.15) is 0 Å². The van der Waals surface area contributed by atoms with Crippen LogP contribution in [0.5, 0.6) is 0 Å². The largest absolute Gasteiger partial charge is 0.288 e. The first-order valence-electron chi connectivity index (χ1n) is 3.63. The van der Waals surface area contributed by atoms with E-state index in [4.69, 9.17) is 5.53 Å². The molecule has 1 aromatic rings. The van der Waals surface area contributed by atoms with Gasteiger partial charge >= 0.3 is 0 Å². The summed E-state index contributed by atoms with van der Waals surface area (Å²) in [5.74, 6) is -1.08. The summed E-state index contributed by atoms with van der Waals surface area (Å²) >= 11 is 0. The Bertz CT molecular complexity index is 379. The van der Waals surface area contributed by atoms with E-state index in [1.54, 1.807) is 17.4 Å². The van der Waals surface area contributed by atoms with Crippen LogP contribution in [0.25, 0.3) is 5.53 Å².